The lowest BCUT2D eigenvalue weighted by Crippen LogP contribution is -2.43. The van der Waals surface area contributed by atoms with Gasteiger partial charge in [0.1, 0.15) is 29.5 Å². The Morgan fingerprint density at radius 1 is 1.00 bits per heavy atom. The van der Waals surface area contributed by atoms with E-state index in [0.717, 1.165) is 18.2 Å². The molecule has 13 heteroatoms. The SMILES string of the molecule is CC.CC.COc1cc(-c2cc(F)cc(F)c2)c(F)cc1-n1c2c(ccc1=O)C(C)N(S(=O)(=O)Nc1ccon1)CC2. The summed E-state index contributed by atoms with van der Waals surface area (Å²) >= 11 is 0. The fourth-order valence-corrected chi connectivity index (χ4v) is 6.00. The van der Waals surface area contributed by atoms with Crippen LogP contribution in [0.4, 0.5) is 19.0 Å². The van der Waals surface area contributed by atoms with E-state index in [1.807, 2.05) is 27.7 Å². The van der Waals surface area contributed by atoms with Crippen molar-refractivity contribution in [1.82, 2.24) is 14.0 Å². The minimum Gasteiger partial charge on any atom is -0.495 e. The fraction of sp³-hybridized carbons (Fsp3) is 0.310. The van der Waals surface area contributed by atoms with Crippen LogP contribution in [0, 0.1) is 17.5 Å². The molecule has 4 aromatic rings. The van der Waals surface area contributed by atoms with Crippen LogP contribution in [-0.2, 0) is 16.6 Å². The van der Waals surface area contributed by atoms with Crippen molar-refractivity contribution in [3.05, 3.63) is 93.9 Å². The Morgan fingerprint density at radius 3 is 2.26 bits per heavy atom. The normalized spacial score (nSPS) is 14.5. The average molecular weight is 607 g/mol. The summed E-state index contributed by atoms with van der Waals surface area (Å²) in [5.74, 6) is -2.48. The third kappa shape index (κ3) is 6.52. The number of aromatic nitrogens is 2. The topological polar surface area (TPSA) is 107 Å². The zero-order chi connectivity index (χ0) is 31.2. The summed E-state index contributed by atoms with van der Waals surface area (Å²) in [5, 5.41) is 3.57. The van der Waals surface area contributed by atoms with Crippen molar-refractivity contribution in [3.8, 4) is 22.6 Å². The summed E-state index contributed by atoms with van der Waals surface area (Å²) in [6, 6.07) is 8.42. The predicted molar refractivity (Wildman–Crippen MR) is 154 cm³/mol. The highest BCUT2D eigenvalue weighted by molar-refractivity contribution is 7.90. The van der Waals surface area contributed by atoms with Gasteiger partial charge in [0, 0.05) is 48.5 Å². The standard InChI is InChI=1S/C25H21F3N4O5S.2C2H6/c1-14-18-3-4-25(33)32(21(18)5-7-31(14)38(34,35)30-24-6-8-37-29-24)22-13-20(28)19(12-23(22)36-2)15-9-16(26)11-17(27)10-15;2*1-2/h3-4,6,8-14H,5,7H2,1-2H3,(H,29,30);2*1-2H3. The molecule has 1 aliphatic rings. The van der Waals surface area contributed by atoms with E-state index >= 15 is 4.39 Å². The Morgan fingerprint density at radius 2 is 1.67 bits per heavy atom. The highest BCUT2D eigenvalue weighted by Gasteiger charge is 2.35. The van der Waals surface area contributed by atoms with E-state index in [2.05, 4.69) is 14.4 Å². The van der Waals surface area contributed by atoms with Gasteiger partial charge < -0.3 is 9.26 Å². The number of nitrogens with one attached hydrogen (secondary N) is 1. The van der Waals surface area contributed by atoms with Crippen LogP contribution in [0.25, 0.3) is 16.8 Å². The first kappa shape index (κ1) is 32.4. The van der Waals surface area contributed by atoms with E-state index in [1.54, 1.807) is 6.92 Å². The van der Waals surface area contributed by atoms with Gasteiger partial charge in [-0.25, -0.2) is 13.2 Å². The third-order valence-corrected chi connectivity index (χ3v) is 7.93. The molecule has 226 valence electrons. The summed E-state index contributed by atoms with van der Waals surface area (Å²) in [6.07, 6.45) is 1.35. The first-order valence-electron chi connectivity index (χ1n) is 13.4. The highest BCUT2D eigenvalue weighted by atomic mass is 32.2. The van der Waals surface area contributed by atoms with Crippen LogP contribution in [0.15, 0.2) is 64.1 Å². The number of rotatable bonds is 6. The molecule has 2 aromatic carbocycles. The maximum absolute atomic E-state index is 15.3. The van der Waals surface area contributed by atoms with Crippen molar-refractivity contribution in [2.45, 2.75) is 47.1 Å². The number of pyridine rings is 1. The van der Waals surface area contributed by atoms with Crippen molar-refractivity contribution in [3.63, 3.8) is 0 Å². The molecule has 42 heavy (non-hydrogen) atoms. The second kappa shape index (κ2) is 13.7. The van der Waals surface area contributed by atoms with Crippen LogP contribution in [-0.4, -0.2) is 36.1 Å². The molecule has 1 N–H and O–H groups in total. The van der Waals surface area contributed by atoms with Crippen LogP contribution >= 0.6 is 0 Å². The highest BCUT2D eigenvalue weighted by Crippen LogP contribution is 2.36. The Labute approximate surface area is 242 Å². The zero-order valence-electron chi connectivity index (χ0n) is 24.1. The molecule has 0 bridgehead atoms. The summed E-state index contributed by atoms with van der Waals surface area (Å²) < 4.78 is 83.8. The first-order valence-corrected chi connectivity index (χ1v) is 14.8. The number of halogens is 3. The molecule has 0 fully saturated rings. The number of methoxy groups -OCH3 is 1. The van der Waals surface area contributed by atoms with Crippen LogP contribution in [0.1, 0.15) is 51.9 Å². The van der Waals surface area contributed by atoms with Gasteiger partial charge in [-0.05, 0) is 36.2 Å². The summed E-state index contributed by atoms with van der Waals surface area (Å²) in [5.41, 5.74) is 0.417. The van der Waals surface area contributed by atoms with Crippen molar-refractivity contribution < 1.29 is 30.8 Å². The lowest BCUT2D eigenvalue weighted by molar-refractivity contribution is 0.322. The van der Waals surface area contributed by atoms with E-state index in [1.165, 1.54) is 46.5 Å². The van der Waals surface area contributed by atoms with E-state index in [0.29, 0.717) is 17.3 Å². The number of ether oxygens (including phenoxy) is 1. The lowest BCUT2D eigenvalue weighted by Gasteiger charge is -2.35. The summed E-state index contributed by atoms with van der Waals surface area (Å²) in [6.45, 7) is 9.67. The van der Waals surface area contributed by atoms with Gasteiger partial charge in [-0.15, -0.1) is 0 Å². The molecule has 1 atom stereocenters. The largest absolute Gasteiger partial charge is 0.495 e. The number of hydrogen-bond acceptors (Lipinski definition) is 6. The number of hydrogen-bond donors (Lipinski definition) is 1. The first-order chi connectivity index (χ1) is 20.1. The van der Waals surface area contributed by atoms with Gasteiger partial charge in [0.05, 0.1) is 18.8 Å². The van der Waals surface area contributed by atoms with Crippen molar-refractivity contribution in [1.29, 1.82) is 0 Å². The van der Waals surface area contributed by atoms with Crippen LogP contribution < -0.4 is 15.0 Å². The molecule has 3 heterocycles. The van der Waals surface area contributed by atoms with E-state index in [4.69, 9.17) is 4.74 Å². The molecule has 0 saturated carbocycles. The molecule has 5 rings (SSSR count). The molecule has 2 aromatic heterocycles. The van der Waals surface area contributed by atoms with Gasteiger partial charge in [-0.3, -0.25) is 14.1 Å². The maximum atomic E-state index is 15.3. The second-order valence-corrected chi connectivity index (χ2v) is 10.2. The number of fused-ring (bicyclic) bond motifs is 1. The molecule has 0 spiro atoms. The minimum atomic E-state index is -4.02. The summed E-state index contributed by atoms with van der Waals surface area (Å²) in [4.78, 5) is 13.0. The molecule has 0 amide bonds. The third-order valence-electron chi connectivity index (χ3n) is 6.34. The van der Waals surface area contributed by atoms with Gasteiger partial charge in [-0.1, -0.05) is 38.9 Å². The van der Waals surface area contributed by atoms with Crippen molar-refractivity contribution in [2.75, 3.05) is 18.4 Å². The molecular weight excluding hydrogens is 573 g/mol. The lowest BCUT2D eigenvalue weighted by atomic mass is 9.98. The Bertz CT molecular complexity index is 1670. The Kier molecular flexibility index (Phi) is 10.6. The van der Waals surface area contributed by atoms with Gasteiger partial charge in [-0.2, -0.15) is 12.7 Å². The number of nitrogens with zero attached hydrogens (tertiary/aromatic N) is 3. The zero-order valence-corrected chi connectivity index (χ0v) is 24.9. The van der Waals surface area contributed by atoms with Gasteiger partial charge >= 0.3 is 10.2 Å². The monoisotopic (exact) mass is 606 g/mol. The van der Waals surface area contributed by atoms with E-state index in [9.17, 15) is 22.0 Å². The van der Waals surface area contributed by atoms with E-state index < -0.39 is 39.3 Å². The predicted octanol–water partition coefficient (Wildman–Crippen LogP) is 6.25. The average Bonchev–Trinajstić information content (AvgIpc) is 3.47. The van der Waals surface area contributed by atoms with Gasteiger partial charge in [0.2, 0.25) is 0 Å². The molecule has 1 unspecified atom stereocenters. The van der Waals surface area contributed by atoms with Crippen molar-refractivity contribution >= 4 is 16.0 Å². The molecular formula is C29H33F3N4O5S. The minimum absolute atomic E-state index is 0.0102. The van der Waals surface area contributed by atoms with Crippen LogP contribution in [0.3, 0.4) is 0 Å². The van der Waals surface area contributed by atoms with Gasteiger partial charge in [0.15, 0.2) is 5.82 Å². The molecule has 9 nitrogen and oxygen atoms in total. The molecule has 1 aliphatic heterocycles. The Balaban J connectivity index is 0.00000116. The molecule has 0 radical (unpaired) electrons. The van der Waals surface area contributed by atoms with E-state index in [-0.39, 0.29) is 41.3 Å². The maximum Gasteiger partial charge on any atom is 0.303 e. The number of anilines is 1. The van der Waals surface area contributed by atoms with Crippen molar-refractivity contribution in [2.24, 2.45) is 0 Å². The van der Waals surface area contributed by atoms with Gasteiger partial charge in [0.25, 0.3) is 5.56 Å². The summed E-state index contributed by atoms with van der Waals surface area (Å²) in [7, 11) is -2.70. The molecule has 0 aliphatic carbocycles. The van der Waals surface area contributed by atoms with Crippen LogP contribution in [0.2, 0.25) is 0 Å². The Hall–Kier alpha value is -4.10. The van der Waals surface area contributed by atoms with Crippen LogP contribution in [0.5, 0.6) is 5.75 Å². The molecule has 0 saturated heterocycles. The quantitative estimate of drug-likeness (QED) is 0.278. The smallest absolute Gasteiger partial charge is 0.303 e. The fourth-order valence-electron chi connectivity index (χ4n) is 4.66. The second-order valence-electron chi connectivity index (χ2n) is 8.60. The number of benzene rings is 2.